The minimum absolute atomic E-state index is 0.00125. The van der Waals surface area contributed by atoms with Crippen LogP contribution < -0.4 is 38.2 Å². The highest BCUT2D eigenvalue weighted by molar-refractivity contribution is 9.10. The van der Waals surface area contributed by atoms with Gasteiger partial charge in [0.25, 0.3) is 22.2 Å². The smallest absolute Gasteiger partial charge is 0.400 e. The Morgan fingerprint density at radius 3 is 1.14 bits per heavy atom. The van der Waals surface area contributed by atoms with Gasteiger partial charge in [-0.1, -0.05) is 97.1 Å². The zero-order chi connectivity index (χ0) is 78.9. The molecule has 5 fully saturated rings. The van der Waals surface area contributed by atoms with E-state index in [1.54, 1.807) is 130 Å². The molecular formula is C83H96BBrN12O12P+. The zero-order valence-corrected chi connectivity index (χ0v) is 66.7. The first-order valence-electron chi connectivity index (χ1n) is 36.5. The molecule has 0 aliphatic carbocycles. The van der Waals surface area contributed by atoms with Crippen molar-refractivity contribution in [2.75, 3.05) is 79.7 Å². The summed E-state index contributed by atoms with van der Waals surface area (Å²) in [4.78, 5) is 117. The number of hydrogen-bond donors (Lipinski definition) is 0. The summed E-state index contributed by atoms with van der Waals surface area (Å²) in [5.41, 5.74) is 4.89. The molecule has 4 unspecified atom stereocenters. The van der Waals surface area contributed by atoms with E-state index < -0.39 is 25.6 Å². The van der Waals surface area contributed by atoms with Gasteiger partial charge in [0.15, 0.2) is 0 Å². The van der Waals surface area contributed by atoms with Crippen molar-refractivity contribution in [1.29, 1.82) is 0 Å². The van der Waals surface area contributed by atoms with Crippen molar-refractivity contribution < 1.29 is 38.2 Å². The molecule has 9 aliphatic rings. The van der Waals surface area contributed by atoms with Gasteiger partial charge >= 0.3 is 31.2 Å². The van der Waals surface area contributed by atoms with Crippen LogP contribution in [0.4, 0.5) is 19.2 Å². The topological polar surface area (TPSA) is 219 Å². The quantitative estimate of drug-likeness (QED) is 0.0565. The standard InChI is InChI=1S/C21H20P.C15H23BN2O4.C15H17N3O3.2C13H15N3O2.C6H6BrNO/c1-2-18-22(19-12-6-3-7-13-19,20-14-8-4-9-15-20)21-16-10-5-11-17-21;1-6-9-20-18-12-10-17(13(18)19)8-7-11(12)16-21-14(2,3)15(4,5)22-16;1-3-9-21-18-13-10-17(15(18)20)8-6-11(13)12-5-4-7-16(2)14(12)19;2*1-14-6-3-4-10(12(14)17)9-5-7-16-8-11(9)15(2)13(16)18;1-8-4-2-3-5(7)6(8)9/h2-18H,1H3;6-7,12H,1,8-10H2,2-5H3;3-7,13H,1,8-10H2,2H3;2*3-6,11H,7-8H2,1-2H3;2-4H,1H3/q+1;;;;;/b18-2+;;;;;. The fraction of sp³-hybridized carbons (Fsp3) is 0.325. The van der Waals surface area contributed by atoms with Crippen LogP contribution in [0.5, 0.6) is 0 Å². The average Bonchev–Trinajstić information content (AvgIpc) is 1.73. The lowest BCUT2D eigenvalue weighted by atomic mass is 9.72. The highest BCUT2D eigenvalue weighted by Gasteiger charge is 2.57. The third kappa shape index (κ3) is 16.5. The van der Waals surface area contributed by atoms with Crippen molar-refractivity contribution in [2.45, 2.75) is 70.0 Å². The lowest BCUT2D eigenvalue weighted by Gasteiger charge is -2.32. The summed E-state index contributed by atoms with van der Waals surface area (Å²) >= 11 is 3.11. The van der Waals surface area contributed by atoms with E-state index in [1.165, 1.54) is 35.2 Å². The summed E-state index contributed by atoms with van der Waals surface area (Å²) in [6, 6.07) is 46.6. The number of halogens is 1. The summed E-state index contributed by atoms with van der Waals surface area (Å²) in [5.74, 6) is 2.41. The summed E-state index contributed by atoms with van der Waals surface area (Å²) in [5, 5.41) is 6.96. The van der Waals surface area contributed by atoms with Crippen molar-refractivity contribution in [2.24, 2.45) is 28.2 Å². The Labute approximate surface area is 651 Å². The fourth-order valence-corrected chi connectivity index (χ4v) is 18.7. The number of nitrogens with zero attached hydrogens (tertiary/aromatic N) is 12. The number of hydroxylamine groups is 4. The van der Waals surface area contributed by atoms with Gasteiger partial charge in [-0.3, -0.25) is 28.9 Å². The molecule has 4 aromatic heterocycles. The Bertz CT molecular complexity index is 4760. The molecule has 27 heteroatoms. The number of amides is 8. The minimum atomic E-state index is -1.73. The molecular weight excluding hydrogens is 1480 g/mol. The second-order valence-corrected chi connectivity index (χ2v) is 32.8. The number of aryl methyl sites for hydroxylation is 4. The normalized spacial score (nSPS) is 20.2. The number of pyridine rings is 4. The summed E-state index contributed by atoms with van der Waals surface area (Å²) in [6.45, 7) is 22.7. The van der Waals surface area contributed by atoms with Gasteiger partial charge in [-0.2, -0.15) is 10.1 Å². The summed E-state index contributed by atoms with van der Waals surface area (Å²) in [6.07, 6.45) is 20.3. The predicted octanol–water partition coefficient (Wildman–Crippen LogP) is 9.49. The number of carbonyl (C=O) groups is 4. The van der Waals surface area contributed by atoms with Crippen LogP contribution >= 0.6 is 23.2 Å². The first-order valence-corrected chi connectivity index (χ1v) is 39.1. The molecule has 8 amide bonds. The summed E-state index contributed by atoms with van der Waals surface area (Å²) in [7, 11) is 8.32. The highest BCUT2D eigenvalue weighted by Crippen LogP contribution is 2.57. The zero-order valence-electron chi connectivity index (χ0n) is 64.2. The maximum Gasteiger partial charge on any atom is 0.492 e. The SMILES string of the molecule is C/C=C/[P+](c1ccccc1)(c1ccccc1)c1ccccc1.C=CCON1C(=O)N2CC=C(B3OC(C)(C)C(C)(C)O3)C1C2.C=CCON1C(=O)N2CC=C(c3cccn(C)c3=O)C1C2.CN1C(=O)N2CC=C(c3cccn(C)c3=O)C1C2.CN1C(=O)N2CC=C(c3cccn(C)c3=O)C1C2.Cn1cccc(Br)c1=O. The molecule has 0 spiro atoms. The van der Waals surface area contributed by atoms with E-state index >= 15 is 0 Å². The predicted molar refractivity (Wildman–Crippen MR) is 437 cm³/mol. The Hall–Kier alpha value is -10.5. The average molecular weight is 1580 g/mol. The highest BCUT2D eigenvalue weighted by atomic mass is 79.9. The van der Waals surface area contributed by atoms with Gasteiger partial charge in [0.2, 0.25) is 0 Å². The van der Waals surface area contributed by atoms with Crippen LogP contribution in [-0.2, 0) is 47.2 Å². The first kappa shape index (κ1) is 80.5. The van der Waals surface area contributed by atoms with Gasteiger partial charge in [-0.25, -0.2) is 19.2 Å². The van der Waals surface area contributed by atoms with Crippen LogP contribution in [0.2, 0.25) is 0 Å². The van der Waals surface area contributed by atoms with Gasteiger partial charge < -0.3 is 57.0 Å². The van der Waals surface area contributed by atoms with E-state index in [-0.39, 0.29) is 77.1 Å². The number of aromatic nitrogens is 4. The molecule has 0 N–H and O–H groups in total. The number of rotatable bonds is 14. The molecule has 110 heavy (non-hydrogen) atoms. The second kappa shape index (κ2) is 34.6. The summed E-state index contributed by atoms with van der Waals surface area (Å²) < 4.78 is 19.0. The molecule has 24 nitrogen and oxygen atoms in total. The van der Waals surface area contributed by atoms with Crippen LogP contribution in [0.25, 0.3) is 16.7 Å². The third-order valence-corrected chi connectivity index (χ3v) is 25.9. The molecule has 0 saturated carbocycles. The van der Waals surface area contributed by atoms with Crippen LogP contribution in [0, 0.1) is 0 Å². The van der Waals surface area contributed by atoms with E-state index in [9.17, 15) is 38.4 Å². The molecule has 3 aromatic carbocycles. The fourth-order valence-electron chi connectivity index (χ4n) is 14.5. The van der Waals surface area contributed by atoms with Crippen LogP contribution in [0.15, 0.2) is 255 Å². The molecule has 9 aliphatic heterocycles. The Morgan fingerprint density at radius 2 is 0.773 bits per heavy atom. The van der Waals surface area contributed by atoms with Crippen molar-refractivity contribution in [3.8, 4) is 0 Å². The van der Waals surface area contributed by atoms with Crippen molar-refractivity contribution >= 4 is 87.1 Å². The van der Waals surface area contributed by atoms with Gasteiger partial charge in [-0.05, 0) is 158 Å². The molecule has 0 radical (unpaired) electrons. The molecule has 574 valence electrons. The number of urea groups is 4. The second-order valence-electron chi connectivity index (χ2n) is 28.6. The van der Waals surface area contributed by atoms with Crippen LogP contribution in [0.3, 0.4) is 0 Å². The van der Waals surface area contributed by atoms with Crippen molar-refractivity contribution in [3.05, 3.63) is 294 Å². The van der Waals surface area contributed by atoms with Gasteiger partial charge in [0.05, 0.1) is 59.4 Å². The van der Waals surface area contributed by atoms with Gasteiger partial charge in [-0.15, -0.1) is 13.2 Å². The Morgan fingerprint density at radius 1 is 0.445 bits per heavy atom. The third-order valence-electron chi connectivity index (χ3n) is 21.2. The number of allylic oxidation sites excluding steroid dienone is 1. The molecule has 4 atom stereocenters. The minimum Gasteiger partial charge on any atom is -0.400 e. The van der Waals surface area contributed by atoms with E-state index in [0.717, 1.165) is 22.2 Å². The maximum absolute atomic E-state index is 12.3. The van der Waals surface area contributed by atoms with Crippen LogP contribution in [0.1, 0.15) is 51.3 Å². The Balaban J connectivity index is 0.000000133. The van der Waals surface area contributed by atoms with Crippen molar-refractivity contribution in [1.82, 2.24) is 57.8 Å². The molecule has 16 rings (SSSR count). The van der Waals surface area contributed by atoms with Crippen LogP contribution in [-0.4, -0.2) is 204 Å². The van der Waals surface area contributed by atoms with E-state index in [2.05, 4.69) is 139 Å². The van der Waals surface area contributed by atoms with Gasteiger partial charge in [0, 0.05) is 130 Å². The number of fused-ring (bicyclic) bond motifs is 8. The van der Waals surface area contributed by atoms with Gasteiger partial charge in [0.1, 0.15) is 29.2 Å². The monoisotopic (exact) mass is 1570 g/mol. The van der Waals surface area contributed by atoms with E-state index in [1.807, 2.05) is 88.4 Å². The lowest BCUT2D eigenvalue weighted by Crippen LogP contribution is -2.41. The number of benzene rings is 3. The first-order chi connectivity index (χ1) is 52.7. The maximum atomic E-state index is 12.3. The molecule has 8 bridgehead atoms. The van der Waals surface area contributed by atoms with E-state index in [0.29, 0.717) is 80.1 Å². The number of likely N-dealkylation sites (N-methyl/N-ethyl adjacent to an activating group) is 2. The van der Waals surface area contributed by atoms with Crippen molar-refractivity contribution in [3.63, 3.8) is 0 Å². The lowest BCUT2D eigenvalue weighted by molar-refractivity contribution is -0.109. The molecule has 7 aromatic rings. The van der Waals surface area contributed by atoms with E-state index in [4.69, 9.17) is 19.0 Å². The largest absolute Gasteiger partial charge is 0.492 e. The molecule has 13 heterocycles. The number of hydrogen-bond acceptors (Lipinski definition) is 12. The molecule has 5 saturated heterocycles. The Kier molecular flexibility index (Phi) is 25.4. The number of carbonyl (C=O) groups excluding carboxylic acids is 4.